The number of hydrogen-bond donors (Lipinski definition) is 1. The lowest BCUT2D eigenvalue weighted by Gasteiger charge is -2.31. The number of nitrogens with zero attached hydrogens (tertiary/aromatic N) is 2. The number of carbonyl (C=O) groups is 1. The second-order valence-corrected chi connectivity index (χ2v) is 6.40. The minimum absolute atomic E-state index is 0.151. The molecule has 0 radical (unpaired) electrons. The number of halogens is 3. The van der Waals surface area contributed by atoms with Crippen molar-refractivity contribution in [1.82, 2.24) is 4.90 Å². The van der Waals surface area contributed by atoms with E-state index in [2.05, 4.69) is 10.3 Å². The van der Waals surface area contributed by atoms with Gasteiger partial charge in [0.1, 0.15) is 11.7 Å². The summed E-state index contributed by atoms with van der Waals surface area (Å²) in [5, 5.41) is 2.99. The maximum atomic E-state index is 12.6. The van der Waals surface area contributed by atoms with Crippen LogP contribution in [0.3, 0.4) is 0 Å². The summed E-state index contributed by atoms with van der Waals surface area (Å²) in [7, 11) is 0. The van der Waals surface area contributed by atoms with E-state index in [1.54, 1.807) is 17.2 Å². The predicted molar refractivity (Wildman–Crippen MR) is 89.8 cm³/mol. The third-order valence-electron chi connectivity index (χ3n) is 4.17. The zero-order valence-electron chi connectivity index (χ0n) is 13.8. The van der Waals surface area contributed by atoms with Crippen molar-refractivity contribution in [2.24, 2.45) is 16.8 Å². The number of anilines is 1. The number of amidine groups is 1. The molecule has 25 heavy (non-hydrogen) atoms. The number of hydrogen-bond acceptors (Lipinski definition) is 4. The molecule has 2 heterocycles. The van der Waals surface area contributed by atoms with Crippen LogP contribution in [-0.2, 0) is 11.0 Å². The van der Waals surface area contributed by atoms with Crippen LogP contribution in [0.15, 0.2) is 53.4 Å². The van der Waals surface area contributed by atoms with E-state index in [9.17, 15) is 18.0 Å². The van der Waals surface area contributed by atoms with E-state index in [1.807, 2.05) is 19.9 Å². The highest BCUT2D eigenvalue weighted by Gasteiger charge is 2.31. The van der Waals surface area contributed by atoms with Gasteiger partial charge in [-0.3, -0.25) is 4.79 Å². The lowest BCUT2D eigenvalue weighted by Crippen LogP contribution is -2.37. The summed E-state index contributed by atoms with van der Waals surface area (Å²) in [6.07, 6.45) is 0.929. The predicted octanol–water partition coefficient (Wildman–Crippen LogP) is 4.04. The largest absolute Gasteiger partial charge is 0.416 e. The summed E-state index contributed by atoms with van der Waals surface area (Å²) in [6.45, 7) is 4.25. The molecule has 1 unspecified atom stereocenters. The van der Waals surface area contributed by atoms with Crippen molar-refractivity contribution in [2.75, 3.05) is 11.9 Å². The minimum Gasteiger partial charge on any atom is -0.340 e. The summed E-state index contributed by atoms with van der Waals surface area (Å²) < 4.78 is 37.8. The number of carbonyl (C=O) groups excluding carboxylic acids is 1. The first kappa shape index (κ1) is 17.3. The van der Waals surface area contributed by atoms with Gasteiger partial charge in [-0.15, -0.1) is 0 Å². The molecule has 0 saturated carbocycles. The minimum atomic E-state index is -4.35. The molecule has 0 spiro atoms. The molecule has 4 nitrogen and oxygen atoms in total. The molecule has 132 valence electrons. The summed E-state index contributed by atoms with van der Waals surface area (Å²) in [5.41, 5.74) is -0.184. The van der Waals surface area contributed by atoms with Gasteiger partial charge >= 0.3 is 6.18 Å². The van der Waals surface area contributed by atoms with Crippen LogP contribution in [0.1, 0.15) is 19.4 Å². The highest BCUT2D eigenvalue weighted by molar-refractivity contribution is 6.05. The fourth-order valence-electron chi connectivity index (χ4n) is 2.78. The van der Waals surface area contributed by atoms with Gasteiger partial charge < -0.3 is 10.2 Å². The number of allylic oxidation sites excluding steroid dienone is 1. The summed E-state index contributed by atoms with van der Waals surface area (Å²) in [6, 6.07) is 4.77. The number of Topliss-reactive ketones (excluding diaryl/α,β-unsaturated/α-hetero) is 1. The van der Waals surface area contributed by atoms with Crippen LogP contribution >= 0.6 is 0 Å². The van der Waals surface area contributed by atoms with Gasteiger partial charge in [-0.25, -0.2) is 4.99 Å². The van der Waals surface area contributed by atoms with E-state index >= 15 is 0 Å². The Balaban J connectivity index is 1.78. The van der Waals surface area contributed by atoms with Gasteiger partial charge in [-0.2, -0.15) is 13.2 Å². The average Bonchev–Trinajstić information content (AvgIpc) is 2.54. The molecule has 0 bridgehead atoms. The van der Waals surface area contributed by atoms with Gasteiger partial charge in [-0.05, 0) is 42.3 Å². The SMILES string of the molecule is CC(C)C1C=C2N=C(Nc3ccc(C(F)(F)F)cc3)C=CN2CC1=O. The fourth-order valence-corrected chi connectivity index (χ4v) is 2.78. The Morgan fingerprint density at radius 3 is 2.52 bits per heavy atom. The van der Waals surface area contributed by atoms with E-state index in [0.29, 0.717) is 17.3 Å². The second kappa shape index (κ2) is 6.38. The summed E-state index contributed by atoms with van der Waals surface area (Å²) in [5.74, 6) is 1.36. The Morgan fingerprint density at radius 1 is 1.24 bits per heavy atom. The number of fused-ring (bicyclic) bond motifs is 1. The van der Waals surface area contributed by atoms with Crippen LogP contribution < -0.4 is 5.32 Å². The molecular formula is C18H18F3N3O. The Morgan fingerprint density at radius 2 is 1.92 bits per heavy atom. The van der Waals surface area contributed by atoms with Gasteiger partial charge in [0.2, 0.25) is 0 Å². The standard InChI is InChI=1S/C18H18F3N3O/c1-11(2)14-9-17-23-16(7-8-24(17)10-15(14)25)22-13-5-3-12(4-6-13)18(19,20)21/h3-9,11,14H,10H2,1-2H3,(H,22,23). The van der Waals surface area contributed by atoms with Crippen molar-refractivity contribution in [3.63, 3.8) is 0 Å². The van der Waals surface area contributed by atoms with Gasteiger partial charge in [0.05, 0.1) is 12.1 Å². The van der Waals surface area contributed by atoms with Gasteiger partial charge in [-0.1, -0.05) is 13.8 Å². The van der Waals surface area contributed by atoms with Crippen molar-refractivity contribution in [2.45, 2.75) is 20.0 Å². The molecular weight excluding hydrogens is 331 g/mol. The first-order valence-corrected chi connectivity index (χ1v) is 7.96. The third kappa shape index (κ3) is 3.75. The molecule has 1 aromatic rings. The number of ketones is 1. The first-order chi connectivity index (χ1) is 11.7. The molecule has 0 fully saturated rings. The van der Waals surface area contributed by atoms with Crippen LogP contribution in [-0.4, -0.2) is 23.1 Å². The van der Waals surface area contributed by atoms with Crippen LogP contribution in [0.5, 0.6) is 0 Å². The van der Waals surface area contributed by atoms with E-state index in [1.165, 1.54) is 12.1 Å². The van der Waals surface area contributed by atoms with Crippen LogP contribution in [0.2, 0.25) is 0 Å². The number of benzene rings is 1. The molecule has 1 aromatic carbocycles. The highest BCUT2D eigenvalue weighted by atomic mass is 19.4. The number of nitrogens with one attached hydrogen (secondary N) is 1. The average molecular weight is 349 g/mol. The topological polar surface area (TPSA) is 44.7 Å². The smallest absolute Gasteiger partial charge is 0.340 e. The molecule has 0 aliphatic carbocycles. The van der Waals surface area contributed by atoms with E-state index in [4.69, 9.17) is 0 Å². The van der Waals surface area contributed by atoms with Crippen molar-refractivity contribution < 1.29 is 18.0 Å². The monoisotopic (exact) mass is 349 g/mol. The molecule has 3 rings (SSSR count). The van der Waals surface area contributed by atoms with Crippen LogP contribution in [0.25, 0.3) is 0 Å². The molecule has 2 aliphatic rings. The molecule has 1 N–H and O–H groups in total. The van der Waals surface area contributed by atoms with Crippen molar-refractivity contribution in [3.05, 3.63) is 54.0 Å². The normalized spacial score (nSPS) is 20.3. The van der Waals surface area contributed by atoms with Gasteiger partial charge in [0.25, 0.3) is 0 Å². The number of alkyl halides is 3. The van der Waals surface area contributed by atoms with E-state index in [-0.39, 0.29) is 24.2 Å². The van der Waals surface area contributed by atoms with Crippen LogP contribution in [0.4, 0.5) is 18.9 Å². The van der Waals surface area contributed by atoms with Crippen molar-refractivity contribution >= 4 is 17.3 Å². The Bertz CT molecular complexity index is 761. The zero-order valence-corrected chi connectivity index (χ0v) is 13.8. The lowest BCUT2D eigenvalue weighted by atomic mass is 9.89. The van der Waals surface area contributed by atoms with E-state index < -0.39 is 11.7 Å². The molecule has 2 aliphatic heterocycles. The maximum absolute atomic E-state index is 12.6. The highest BCUT2D eigenvalue weighted by Crippen LogP contribution is 2.30. The molecule has 0 saturated heterocycles. The van der Waals surface area contributed by atoms with Gasteiger partial charge in [0, 0.05) is 17.8 Å². The van der Waals surface area contributed by atoms with Crippen LogP contribution in [0, 0.1) is 11.8 Å². The first-order valence-electron chi connectivity index (χ1n) is 7.96. The Labute approximate surface area is 143 Å². The lowest BCUT2D eigenvalue weighted by molar-refractivity contribution is -0.137. The number of rotatable bonds is 2. The van der Waals surface area contributed by atoms with Gasteiger partial charge in [0.15, 0.2) is 5.78 Å². The molecule has 0 amide bonds. The second-order valence-electron chi connectivity index (χ2n) is 6.40. The van der Waals surface area contributed by atoms with Crippen molar-refractivity contribution in [1.29, 1.82) is 0 Å². The fraction of sp³-hybridized carbons (Fsp3) is 0.333. The Kier molecular flexibility index (Phi) is 4.41. The summed E-state index contributed by atoms with van der Waals surface area (Å²) >= 11 is 0. The third-order valence-corrected chi connectivity index (χ3v) is 4.17. The molecule has 1 atom stereocenters. The molecule has 0 aromatic heterocycles. The van der Waals surface area contributed by atoms with E-state index in [0.717, 1.165) is 12.1 Å². The Hall–Kier alpha value is -2.57. The molecule has 7 heteroatoms. The number of aliphatic imine (C=N–C) groups is 1. The summed E-state index contributed by atoms with van der Waals surface area (Å²) in [4.78, 5) is 18.3. The van der Waals surface area contributed by atoms with Crippen molar-refractivity contribution in [3.8, 4) is 0 Å². The quantitative estimate of drug-likeness (QED) is 0.876. The maximum Gasteiger partial charge on any atom is 0.416 e. The zero-order chi connectivity index (χ0) is 18.2.